The smallest absolute Gasteiger partial charge is 0.227 e. The first-order valence-electron chi connectivity index (χ1n) is 16.7. The Morgan fingerprint density at radius 2 is 0.603 bits per heavy atom. The van der Waals surface area contributed by atoms with Gasteiger partial charge in [0.1, 0.15) is 52.7 Å². The summed E-state index contributed by atoms with van der Waals surface area (Å²) in [5, 5.41) is 0. The van der Waals surface area contributed by atoms with Crippen molar-refractivity contribution in [2.75, 3.05) is 0 Å². The Bertz CT molecular complexity index is 2470. The highest BCUT2D eigenvalue weighted by Gasteiger charge is 2.52. The van der Waals surface area contributed by atoms with E-state index in [2.05, 4.69) is 0 Å². The number of ketones is 2. The summed E-state index contributed by atoms with van der Waals surface area (Å²) < 4.78 is 296. The number of rotatable bonds is 8. The van der Waals surface area contributed by atoms with Crippen LogP contribution < -0.4 is 26.4 Å². The van der Waals surface area contributed by atoms with Gasteiger partial charge in [-0.25, -0.2) is 87.8 Å². The lowest BCUT2D eigenvalue weighted by atomic mass is 9.12. The second kappa shape index (κ2) is 17.6. The Hall–Kier alpha value is -6.75. The fourth-order valence-electron chi connectivity index (χ4n) is 6.55. The Kier molecular flexibility index (Phi) is 13.2. The molecule has 0 aliphatic rings. The largest absolute Gasteiger partial charge is 0.295 e. The zero-order valence-electron chi connectivity index (χ0n) is 30.3. The predicted molar refractivity (Wildman–Crippen MR) is 177 cm³/mol. The van der Waals surface area contributed by atoms with Gasteiger partial charge in [-0.15, -0.1) is 21.9 Å². The average molecular weight is 919 g/mol. The zero-order valence-corrected chi connectivity index (χ0v) is 30.3. The minimum absolute atomic E-state index is 0.0246. The summed E-state index contributed by atoms with van der Waals surface area (Å²) >= 11 is 0. The number of carbonyl (C=O) groups is 2. The third-order valence-corrected chi connectivity index (χ3v) is 9.43. The van der Waals surface area contributed by atoms with Crippen molar-refractivity contribution in [2.24, 2.45) is 0 Å². The molecule has 5 aromatic carbocycles. The fourth-order valence-corrected chi connectivity index (χ4v) is 6.55. The van der Waals surface area contributed by atoms with E-state index in [0.717, 1.165) is 0 Å². The highest BCUT2D eigenvalue weighted by atomic mass is 19.2. The number of hydrogen-bond acceptors (Lipinski definition) is 2. The van der Waals surface area contributed by atoms with Gasteiger partial charge in [0.2, 0.25) is 12.3 Å². The first-order valence-corrected chi connectivity index (χ1v) is 16.7. The molecule has 0 bridgehead atoms. The number of nitrogens with zero attached hydrogens (tertiary/aromatic N) is 1. The molecule has 63 heavy (non-hydrogen) atoms. The molecule has 0 amide bonds. The number of Topliss-reactive ketones (excluding diaryl/α,β-unsaturated/α-hetero) is 2. The van der Waals surface area contributed by atoms with Crippen molar-refractivity contribution >= 4 is 39.6 Å². The Labute approximate surface area is 337 Å². The quantitative estimate of drug-likeness (QED) is 0.0389. The van der Waals surface area contributed by atoms with Gasteiger partial charge >= 0.3 is 0 Å². The normalized spacial score (nSPS) is 11.4. The van der Waals surface area contributed by atoms with E-state index in [1.165, 1.54) is 6.92 Å². The first-order chi connectivity index (χ1) is 29.4. The van der Waals surface area contributed by atoms with Crippen LogP contribution in [0.3, 0.4) is 0 Å². The zero-order chi connectivity index (χ0) is 47.3. The van der Waals surface area contributed by atoms with E-state index in [4.69, 9.17) is 0 Å². The van der Waals surface area contributed by atoms with Crippen molar-refractivity contribution in [3.05, 3.63) is 182 Å². The molecule has 0 saturated heterocycles. The number of pyridine rings is 1. The van der Waals surface area contributed by atoms with Crippen molar-refractivity contribution in [3.63, 3.8) is 0 Å². The third-order valence-electron chi connectivity index (χ3n) is 9.43. The van der Waals surface area contributed by atoms with Gasteiger partial charge in [-0.3, -0.25) is 9.59 Å². The van der Waals surface area contributed by atoms with Crippen molar-refractivity contribution in [3.8, 4) is 0 Å². The summed E-state index contributed by atoms with van der Waals surface area (Å²) in [6.45, 7) is 1.80. The fraction of sp³-hybridized carbons (Fsp3) is 0.0513. The van der Waals surface area contributed by atoms with E-state index in [1.54, 1.807) is 41.2 Å². The Morgan fingerprint density at radius 1 is 0.365 bits per heavy atom. The van der Waals surface area contributed by atoms with Crippen molar-refractivity contribution < 1.29 is 102 Å². The molecular weight excluding hydrogens is 905 g/mol. The minimum Gasteiger partial charge on any atom is -0.295 e. The highest BCUT2D eigenvalue weighted by Crippen LogP contribution is 2.30. The van der Waals surface area contributed by atoms with Gasteiger partial charge in [0.25, 0.3) is 0 Å². The highest BCUT2D eigenvalue weighted by molar-refractivity contribution is 7.20. The maximum absolute atomic E-state index is 15.4. The summed E-state index contributed by atoms with van der Waals surface area (Å²) in [5.74, 6) is -71.3. The second-order valence-corrected chi connectivity index (χ2v) is 12.9. The summed E-state index contributed by atoms with van der Waals surface area (Å²) in [6.07, 6.45) is -3.72. The Morgan fingerprint density at radius 3 is 0.841 bits per heavy atom. The van der Waals surface area contributed by atoms with Crippen molar-refractivity contribution in [1.29, 1.82) is 0 Å². The van der Waals surface area contributed by atoms with Crippen LogP contribution in [0.1, 0.15) is 27.6 Å². The van der Waals surface area contributed by atoms with Crippen LogP contribution in [0.2, 0.25) is 0 Å². The van der Waals surface area contributed by atoms with Crippen LogP contribution in [0.4, 0.5) is 87.8 Å². The van der Waals surface area contributed by atoms with Crippen LogP contribution in [0.15, 0.2) is 54.9 Å². The lowest BCUT2D eigenvalue weighted by Gasteiger charge is -2.44. The number of benzene rings is 5. The molecule has 0 aliphatic carbocycles. The average Bonchev–Trinajstić information content (AvgIpc) is 3.26. The van der Waals surface area contributed by atoms with E-state index >= 15 is 35.1 Å². The molecule has 3 nitrogen and oxygen atoms in total. The van der Waals surface area contributed by atoms with Gasteiger partial charge in [0.15, 0.2) is 88.0 Å². The predicted octanol–water partition coefficient (Wildman–Crippen LogP) is 7.91. The molecule has 0 unspecified atom stereocenters. The molecule has 1 heterocycles. The van der Waals surface area contributed by atoms with Gasteiger partial charge in [-0.2, -0.15) is 4.57 Å². The number of carbonyl (C=O) groups excluding carboxylic acids is 2. The lowest BCUT2D eigenvalue weighted by Crippen LogP contribution is -2.81. The third kappa shape index (κ3) is 7.64. The summed E-state index contributed by atoms with van der Waals surface area (Å²) in [4.78, 5) is 23.1. The lowest BCUT2D eigenvalue weighted by molar-refractivity contribution is -0.683. The minimum atomic E-state index is -7.22. The molecule has 330 valence electrons. The van der Waals surface area contributed by atoms with Crippen molar-refractivity contribution in [2.45, 2.75) is 13.5 Å². The monoisotopic (exact) mass is 919 g/mol. The molecule has 0 atom stereocenters. The molecule has 0 spiro atoms. The summed E-state index contributed by atoms with van der Waals surface area (Å²) in [7, 11) is 0. The van der Waals surface area contributed by atoms with Gasteiger partial charge in [-0.1, -0.05) is 30.3 Å². The summed E-state index contributed by atoms with van der Waals surface area (Å²) in [6, 6.07) is 12.6. The molecule has 0 N–H and O–H groups in total. The van der Waals surface area contributed by atoms with Crippen LogP contribution in [-0.2, 0) is 6.54 Å². The van der Waals surface area contributed by atoms with E-state index in [9.17, 15) is 62.3 Å². The Balaban J connectivity index is 0.000000345. The van der Waals surface area contributed by atoms with E-state index in [-0.39, 0.29) is 18.1 Å². The molecule has 24 heteroatoms. The SMILES string of the molecule is CC(=O)c1cc[n+](CC(=O)c2ccccc2)cc1.Fc1c(F)c(F)c([B-](c2c(F)c(F)c(F)c(F)c2F)(c2c(F)c(F)c(F)c(F)c2F)c2c(F)c(F)c(F)c(F)c2F)c(F)c1F. The summed E-state index contributed by atoms with van der Waals surface area (Å²) in [5.41, 5.74) is -13.0. The molecular formula is C39H14BF20NO2. The maximum atomic E-state index is 15.4. The van der Waals surface area contributed by atoms with Crippen LogP contribution in [-0.4, -0.2) is 17.7 Å². The first kappa shape index (κ1) is 47.3. The van der Waals surface area contributed by atoms with E-state index < -0.39 is 144 Å². The van der Waals surface area contributed by atoms with E-state index in [1.807, 2.05) is 18.2 Å². The molecule has 6 rings (SSSR count). The molecule has 0 radical (unpaired) electrons. The second-order valence-electron chi connectivity index (χ2n) is 12.9. The number of aromatic nitrogens is 1. The number of hydrogen-bond donors (Lipinski definition) is 0. The van der Waals surface area contributed by atoms with E-state index in [0.29, 0.717) is 11.1 Å². The van der Waals surface area contributed by atoms with Gasteiger partial charge in [0, 0.05) is 23.3 Å². The van der Waals surface area contributed by atoms with Gasteiger partial charge in [-0.05, 0) is 6.92 Å². The van der Waals surface area contributed by atoms with Gasteiger partial charge in [0.05, 0.1) is 0 Å². The molecule has 0 fully saturated rings. The standard InChI is InChI=1S/C24BF20.C15H14NO2/c26-5-1(6(27)14(35)21(42)13(5)34)25(2-7(28)15(36)22(43)16(37)8(2)29,3-9(30)17(38)23(44)18(39)10(3)31)4-11(32)19(40)24(45)20(41)12(4)33;1-12(17)13-7-9-16(10-8-13)11-15(18)14-5-3-2-4-6-14/h;2-10H,11H2,1H3/q-1;+1. The van der Waals surface area contributed by atoms with Crippen LogP contribution in [0.5, 0.6) is 0 Å². The molecule has 0 saturated carbocycles. The van der Waals surface area contributed by atoms with Crippen LogP contribution in [0, 0.1) is 116 Å². The van der Waals surface area contributed by atoms with Gasteiger partial charge < -0.3 is 0 Å². The van der Waals surface area contributed by atoms with Crippen molar-refractivity contribution in [1.82, 2.24) is 0 Å². The van der Waals surface area contributed by atoms with Crippen LogP contribution >= 0.6 is 0 Å². The van der Waals surface area contributed by atoms with Crippen LogP contribution in [0.25, 0.3) is 0 Å². The molecule has 6 aromatic rings. The topological polar surface area (TPSA) is 38.0 Å². The number of halogens is 20. The maximum Gasteiger partial charge on any atom is 0.227 e. The molecule has 0 aliphatic heterocycles. The molecule has 1 aromatic heterocycles.